The first-order valence-corrected chi connectivity index (χ1v) is 6.55. The smallest absolute Gasteiger partial charge is 0.255 e. The van der Waals surface area contributed by atoms with Crippen LogP contribution in [0.4, 0.5) is 5.69 Å². The number of anilines is 1. The summed E-state index contributed by atoms with van der Waals surface area (Å²) in [5, 5.41) is 3.39. The molecular formula is C15H24N2O. The van der Waals surface area contributed by atoms with E-state index < -0.39 is 0 Å². The minimum Gasteiger partial charge on any atom is -0.380 e. The van der Waals surface area contributed by atoms with Gasteiger partial charge in [-0.25, -0.2) is 0 Å². The average molecular weight is 248 g/mol. The van der Waals surface area contributed by atoms with E-state index in [1.54, 1.807) is 0 Å². The van der Waals surface area contributed by atoms with Crippen LogP contribution in [0.25, 0.3) is 0 Å². The summed E-state index contributed by atoms with van der Waals surface area (Å²) >= 11 is 0. The Morgan fingerprint density at radius 1 is 1.17 bits per heavy atom. The number of benzene rings is 1. The van der Waals surface area contributed by atoms with Crippen LogP contribution >= 0.6 is 0 Å². The third kappa shape index (κ3) is 3.76. The number of carbonyl (C=O) groups excluding carboxylic acids is 1. The van der Waals surface area contributed by atoms with Crippen molar-refractivity contribution in [2.24, 2.45) is 0 Å². The zero-order valence-electron chi connectivity index (χ0n) is 12.1. The summed E-state index contributed by atoms with van der Waals surface area (Å²) in [4.78, 5) is 14.2. The topological polar surface area (TPSA) is 32.3 Å². The Bertz CT molecular complexity index is 403. The van der Waals surface area contributed by atoms with Gasteiger partial charge in [-0.3, -0.25) is 4.79 Å². The van der Waals surface area contributed by atoms with Crippen LogP contribution in [-0.4, -0.2) is 29.4 Å². The molecule has 0 unspecified atom stereocenters. The normalized spacial score (nSPS) is 11.2. The highest BCUT2D eigenvalue weighted by Crippen LogP contribution is 2.21. The molecule has 0 saturated heterocycles. The van der Waals surface area contributed by atoms with Crippen LogP contribution in [-0.2, 0) is 0 Å². The molecule has 0 aliphatic carbocycles. The molecule has 0 spiro atoms. The molecule has 0 atom stereocenters. The second-order valence-corrected chi connectivity index (χ2v) is 5.40. The predicted molar refractivity (Wildman–Crippen MR) is 77.1 cm³/mol. The monoisotopic (exact) mass is 248 g/mol. The Labute approximate surface area is 110 Å². The number of amides is 1. The van der Waals surface area contributed by atoms with Crippen LogP contribution in [0, 0.1) is 0 Å². The highest BCUT2D eigenvalue weighted by Gasteiger charge is 2.18. The van der Waals surface area contributed by atoms with E-state index in [-0.39, 0.29) is 11.4 Å². The number of carbonyl (C=O) groups is 1. The molecule has 18 heavy (non-hydrogen) atoms. The molecule has 0 heterocycles. The van der Waals surface area contributed by atoms with Crippen molar-refractivity contribution in [2.45, 2.75) is 40.2 Å². The predicted octanol–water partition coefficient (Wildman–Crippen LogP) is 3.38. The molecule has 1 aromatic rings. The number of nitrogens with one attached hydrogen (secondary N) is 1. The molecule has 0 radical (unpaired) electrons. The summed E-state index contributed by atoms with van der Waals surface area (Å²) < 4.78 is 0. The molecular weight excluding hydrogens is 224 g/mol. The van der Waals surface area contributed by atoms with Crippen molar-refractivity contribution in [3.8, 4) is 0 Å². The van der Waals surface area contributed by atoms with Crippen molar-refractivity contribution >= 4 is 11.6 Å². The van der Waals surface area contributed by atoms with Gasteiger partial charge in [0.1, 0.15) is 0 Å². The van der Waals surface area contributed by atoms with Gasteiger partial charge in [-0.2, -0.15) is 0 Å². The first kappa shape index (κ1) is 14.6. The first-order chi connectivity index (χ1) is 8.39. The minimum atomic E-state index is -0.0559. The van der Waals surface area contributed by atoms with E-state index in [0.29, 0.717) is 0 Å². The second kappa shape index (κ2) is 5.89. The van der Waals surface area contributed by atoms with Gasteiger partial charge < -0.3 is 10.2 Å². The Morgan fingerprint density at radius 3 is 2.22 bits per heavy atom. The molecule has 0 saturated carbocycles. The van der Waals surface area contributed by atoms with Gasteiger partial charge in [0.2, 0.25) is 0 Å². The average Bonchev–Trinajstić information content (AvgIpc) is 2.29. The van der Waals surface area contributed by atoms with Gasteiger partial charge in [-0.1, -0.05) is 12.1 Å². The van der Waals surface area contributed by atoms with Gasteiger partial charge in [0.15, 0.2) is 0 Å². The van der Waals surface area contributed by atoms with Gasteiger partial charge in [0, 0.05) is 24.3 Å². The summed E-state index contributed by atoms with van der Waals surface area (Å²) in [5.74, 6) is 0.0901. The fourth-order valence-corrected chi connectivity index (χ4v) is 1.86. The maximum Gasteiger partial charge on any atom is 0.255 e. The fourth-order valence-electron chi connectivity index (χ4n) is 1.86. The van der Waals surface area contributed by atoms with Crippen LogP contribution in [0.5, 0.6) is 0 Å². The molecule has 100 valence electrons. The van der Waals surface area contributed by atoms with Crippen molar-refractivity contribution in [1.29, 1.82) is 0 Å². The number of rotatable bonds is 4. The van der Waals surface area contributed by atoms with E-state index in [1.165, 1.54) is 0 Å². The van der Waals surface area contributed by atoms with Gasteiger partial charge in [0.05, 0.1) is 5.56 Å². The number of hydrogen-bond donors (Lipinski definition) is 1. The Balaban J connectivity index is 3.05. The van der Waals surface area contributed by atoms with E-state index in [1.807, 2.05) is 43.0 Å². The molecule has 1 aromatic carbocycles. The van der Waals surface area contributed by atoms with Crippen LogP contribution in [0.15, 0.2) is 24.3 Å². The molecule has 1 N–H and O–H groups in total. The van der Waals surface area contributed by atoms with Crippen LogP contribution in [0.1, 0.15) is 45.0 Å². The molecule has 3 heteroatoms. The Hall–Kier alpha value is -1.51. The lowest BCUT2D eigenvalue weighted by molar-refractivity contribution is 0.0774. The van der Waals surface area contributed by atoms with Crippen LogP contribution in [0.2, 0.25) is 0 Å². The third-order valence-electron chi connectivity index (χ3n) is 2.72. The summed E-state index contributed by atoms with van der Waals surface area (Å²) in [7, 11) is 0. The molecule has 3 nitrogen and oxygen atoms in total. The maximum absolute atomic E-state index is 12.4. The highest BCUT2D eigenvalue weighted by atomic mass is 16.2. The lowest BCUT2D eigenvalue weighted by atomic mass is 10.1. The SMILES string of the molecule is CCN(CC)C(=O)c1ccccc1NC(C)(C)C. The highest BCUT2D eigenvalue weighted by molar-refractivity contribution is 5.99. The summed E-state index contributed by atoms with van der Waals surface area (Å²) in [5.41, 5.74) is 1.60. The van der Waals surface area contributed by atoms with Gasteiger partial charge in [0.25, 0.3) is 5.91 Å². The van der Waals surface area contributed by atoms with E-state index in [0.717, 1.165) is 24.3 Å². The first-order valence-electron chi connectivity index (χ1n) is 6.55. The third-order valence-corrected chi connectivity index (χ3v) is 2.72. The van der Waals surface area contributed by atoms with E-state index >= 15 is 0 Å². The molecule has 1 amide bonds. The molecule has 0 bridgehead atoms. The van der Waals surface area contributed by atoms with Crippen molar-refractivity contribution in [3.63, 3.8) is 0 Å². The quantitative estimate of drug-likeness (QED) is 0.886. The van der Waals surface area contributed by atoms with Crippen molar-refractivity contribution in [1.82, 2.24) is 4.90 Å². The van der Waals surface area contributed by atoms with Gasteiger partial charge in [-0.05, 0) is 46.8 Å². The largest absolute Gasteiger partial charge is 0.380 e. The van der Waals surface area contributed by atoms with Crippen molar-refractivity contribution in [3.05, 3.63) is 29.8 Å². The molecule has 0 aromatic heterocycles. The number of para-hydroxylation sites is 1. The summed E-state index contributed by atoms with van der Waals surface area (Å²) in [6.07, 6.45) is 0. The van der Waals surface area contributed by atoms with E-state index in [2.05, 4.69) is 26.1 Å². The number of nitrogens with zero attached hydrogens (tertiary/aromatic N) is 1. The lowest BCUT2D eigenvalue weighted by Crippen LogP contribution is -2.33. The van der Waals surface area contributed by atoms with Gasteiger partial charge >= 0.3 is 0 Å². The van der Waals surface area contributed by atoms with Crippen LogP contribution in [0.3, 0.4) is 0 Å². The Kier molecular flexibility index (Phi) is 4.76. The van der Waals surface area contributed by atoms with E-state index in [4.69, 9.17) is 0 Å². The Morgan fingerprint density at radius 2 is 1.72 bits per heavy atom. The van der Waals surface area contributed by atoms with Crippen molar-refractivity contribution < 1.29 is 4.79 Å². The second-order valence-electron chi connectivity index (χ2n) is 5.40. The standard InChI is InChI=1S/C15H24N2O/c1-6-17(7-2)14(18)12-10-8-9-11-13(12)16-15(3,4)5/h8-11,16H,6-7H2,1-5H3. The molecule has 0 aliphatic rings. The molecule has 0 aliphatic heterocycles. The lowest BCUT2D eigenvalue weighted by Gasteiger charge is -2.26. The van der Waals surface area contributed by atoms with E-state index in [9.17, 15) is 4.79 Å². The van der Waals surface area contributed by atoms with Crippen molar-refractivity contribution in [2.75, 3.05) is 18.4 Å². The minimum absolute atomic E-state index is 0.0559. The summed E-state index contributed by atoms with van der Waals surface area (Å²) in [6.45, 7) is 11.7. The molecule has 0 fully saturated rings. The molecule has 1 rings (SSSR count). The summed E-state index contributed by atoms with van der Waals surface area (Å²) in [6, 6.07) is 7.70. The maximum atomic E-state index is 12.4. The fraction of sp³-hybridized carbons (Fsp3) is 0.533. The zero-order chi connectivity index (χ0) is 13.8. The van der Waals surface area contributed by atoms with Gasteiger partial charge in [-0.15, -0.1) is 0 Å². The number of hydrogen-bond acceptors (Lipinski definition) is 2. The zero-order valence-corrected chi connectivity index (χ0v) is 12.1. The van der Waals surface area contributed by atoms with Crippen LogP contribution < -0.4 is 5.32 Å².